The summed E-state index contributed by atoms with van der Waals surface area (Å²) in [4.78, 5) is 37.0. The van der Waals surface area contributed by atoms with Gasteiger partial charge in [-0.3, -0.25) is 9.52 Å². The number of ether oxygens (including phenoxy) is 3. The molecule has 4 aromatic rings. The van der Waals surface area contributed by atoms with Crippen LogP contribution in [-0.2, 0) is 11.3 Å². The first-order valence-electron chi connectivity index (χ1n) is 21.0. The van der Waals surface area contributed by atoms with E-state index in [9.17, 15) is 19.8 Å². The molecule has 15 heteroatoms. The number of nitrogens with one attached hydrogen (secondary N) is 2. The molecule has 0 unspecified atom stereocenters. The number of hydrogen-bond acceptors (Lipinski definition) is 12. The van der Waals surface area contributed by atoms with Gasteiger partial charge in [-0.1, -0.05) is 43.2 Å². The maximum absolute atomic E-state index is 13.2. The predicted molar refractivity (Wildman–Crippen MR) is 229 cm³/mol. The topological polar surface area (TPSA) is 173 Å². The average molecular weight is 842 g/mol. The summed E-state index contributed by atoms with van der Waals surface area (Å²) in [6.45, 7) is 13.2. The Morgan fingerprint density at radius 1 is 0.933 bits per heavy atom. The van der Waals surface area contributed by atoms with Crippen LogP contribution in [0.1, 0.15) is 109 Å². The molecule has 60 heavy (non-hydrogen) atoms. The highest BCUT2D eigenvalue weighted by molar-refractivity contribution is 7.97. The third-order valence-corrected chi connectivity index (χ3v) is 12.8. The highest BCUT2D eigenvalue weighted by Crippen LogP contribution is 2.94. The molecule has 3 fully saturated rings. The molecule has 7 rings (SSSR count). The van der Waals surface area contributed by atoms with Crippen LogP contribution in [0.5, 0.6) is 11.6 Å². The first kappa shape index (κ1) is 43.2. The highest BCUT2D eigenvalue weighted by atomic mass is 32.2. The Kier molecular flexibility index (Phi) is 12.4. The van der Waals surface area contributed by atoms with Crippen LogP contribution in [0, 0.1) is 16.7 Å². The fraction of sp³-hybridized carbons (Fsp3) is 0.533. The molecule has 3 aliphatic carbocycles. The molecule has 2 spiro atoms. The van der Waals surface area contributed by atoms with Crippen LogP contribution in [-0.4, -0.2) is 83.5 Å². The lowest BCUT2D eigenvalue weighted by molar-refractivity contribution is -0.203. The van der Waals surface area contributed by atoms with Crippen molar-refractivity contribution in [3.63, 3.8) is 0 Å². The maximum Gasteiger partial charge on any atom is 0.410 e. The number of aliphatic hydroxyl groups is 2. The monoisotopic (exact) mass is 841 g/mol. The molecule has 0 aliphatic heterocycles. The zero-order valence-corrected chi connectivity index (χ0v) is 36.4. The van der Waals surface area contributed by atoms with Crippen molar-refractivity contribution in [2.75, 3.05) is 25.0 Å². The van der Waals surface area contributed by atoms with Crippen LogP contribution in [0.15, 0.2) is 78.1 Å². The van der Waals surface area contributed by atoms with Gasteiger partial charge in [-0.25, -0.2) is 19.4 Å². The van der Waals surface area contributed by atoms with Crippen LogP contribution in [0.3, 0.4) is 0 Å². The van der Waals surface area contributed by atoms with E-state index in [1.54, 1.807) is 35.4 Å². The minimum absolute atomic E-state index is 0.122. The van der Waals surface area contributed by atoms with Gasteiger partial charge in [0.15, 0.2) is 17.4 Å². The van der Waals surface area contributed by atoms with E-state index in [1.807, 2.05) is 64.1 Å². The third-order valence-electron chi connectivity index (χ3n) is 12.0. The van der Waals surface area contributed by atoms with Crippen molar-refractivity contribution in [2.24, 2.45) is 16.7 Å². The number of fused-ring (bicyclic) bond motifs is 1. The van der Waals surface area contributed by atoms with Gasteiger partial charge >= 0.3 is 6.09 Å². The molecule has 14 nitrogen and oxygen atoms in total. The van der Waals surface area contributed by atoms with Gasteiger partial charge in [-0.15, -0.1) is 5.10 Å². The number of hydrogen-bond donors (Lipinski definition) is 4. The molecule has 3 aliphatic rings. The Morgan fingerprint density at radius 2 is 1.67 bits per heavy atom. The number of rotatable bonds is 20. The van der Waals surface area contributed by atoms with Gasteiger partial charge in [0, 0.05) is 55.0 Å². The van der Waals surface area contributed by atoms with E-state index in [-0.39, 0.29) is 46.8 Å². The van der Waals surface area contributed by atoms with Crippen molar-refractivity contribution in [1.82, 2.24) is 29.4 Å². The van der Waals surface area contributed by atoms with Crippen LogP contribution in [0.25, 0.3) is 5.82 Å². The van der Waals surface area contributed by atoms with Crippen molar-refractivity contribution in [2.45, 2.75) is 121 Å². The molecular weight excluding hydrogens is 783 g/mol. The summed E-state index contributed by atoms with van der Waals surface area (Å²) in [5.74, 6) is -0.428. The van der Waals surface area contributed by atoms with Crippen molar-refractivity contribution < 1.29 is 34.0 Å². The predicted octanol–water partition coefficient (Wildman–Crippen LogP) is 7.94. The number of nitrogens with zero attached hydrogens (tertiary/aromatic N) is 5. The van der Waals surface area contributed by atoms with Crippen LogP contribution in [0.2, 0.25) is 0 Å². The number of pyridine rings is 2. The molecule has 0 radical (unpaired) electrons. The smallest absolute Gasteiger partial charge is 0.410 e. The minimum Gasteiger partial charge on any atom is -0.485 e. The summed E-state index contributed by atoms with van der Waals surface area (Å²) < 4.78 is 21.9. The van der Waals surface area contributed by atoms with E-state index in [0.29, 0.717) is 47.7 Å². The molecule has 0 atom stereocenters. The Labute approximate surface area is 356 Å². The second-order valence-electron chi connectivity index (χ2n) is 18.0. The lowest BCUT2D eigenvalue weighted by atomic mass is 9.94. The quantitative estimate of drug-likeness (QED) is 0.0385. The number of amides is 2. The molecule has 0 bridgehead atoms. The van der Waals surface area contributed by atoms with Gasteiger partial charge in [-0.05, 0) is 121 Å². The zero-order chi connectivity index (χ0) is 42.8. The molecular formula is C45H59N7O7S. The molecule has 1 aromatic carbocycles. The normalized spacial score (nSPS) is 16.3. The lowest BCUT2D eigenvalue weighted by Gasteiger charge is -2.39. The van der Waals surface area contributed by atoms with E-state index in [1.165, 1.54) is 10.9 Å². The van der Waals surface area contributed by atoms with Crippen LogP contribution in [0.4, 0.5) is 10.6 Å². The molecule has 3 heterocycles. The molecule has 4 N–H and O–H groups in total. The van der Waals surface area contributed by atoms with E-state index in [4.69, 9.17) is 19.2 Å². The summed E-state index contributed by atoms with van der Waals surface area (Å²) in [5, 5.41) is 30.1. The Balaban J connectivity index is 0.898. The molecule has 322 valence electrons. The van der Waals surface area contributed by atoms with Crippen LogP contribution >= 0.6 is 11.9 Å². The summed E-state index contributed by atoms with van der Waals surface area (Å²) in [5.41, 5.74) is 0.742. The number of carbonyl (C=O) groups is 2. The van der Waals surface area contributed by atoms with Gasteiger partial charge in [0.25, 0.3) is 5.91 Å². The summed E-state index contributed by atoms with van der Waals surface area (Å²) in [6, 6.07) is 18.6. The number of anilines is 1. The fourth-order valence-electron chi connectivity index (χ4n) is 8.84. The van der Waals surface area contributed by atoms with E-state index in [2.05, 4.69) is 34.0 Å². The summed E-state index contributed by atoms with van der Waals surface area (Å²) >= 11 is 1.09. The Bertz CT molecular complexity index is 2090. The van der Waals surface area contributed by atoms with E-state index in [0.717, 1.165) is 68.9 Å². The van der Waals surface area contributed by atoms with Gasteiger partial charge in [0.05, 0.1) is 5.56 Å². The Morgan fingerprint density at radius 3 is 2.32 bits per heavy atom. The third kappa shape index (κ3) is 9.84. The summed E-state index contributed by atoms with van der Waals surface area (Å²) in [7, 11) is 0. The van der Waals surface area contributed by atoms with Gasteiger partial charge in [0.1, 0.15) is 23.8 Å². The largest absolute Gasteiger partial charge is 0.485 e. The Hall–Kier alpha value is -4.86. The number of benzene rings is 1. The first-order valence-corrected chi connectivity index (χ1v) is 21.9. The minimum atomic E-state index is -1.88. The standard InChI is InChI=1S/C45H59N7O7S/c1-7-51(40(54)59-41(2,3)4)42(5,6)21-12-9-13-26-46-37-33(57-29-31-14-10-8-11-15-31)17-19-36(48-37)60-50-38(53)32-16-18-34(47-28-32)52-27-20-35(49-52)58-30-45(55,56)39-43(22-23-43)44(39)24-25-44/h8,10-11,14-20,27-28,39,55-56H,7,9,12-13,21-26,29-30H2,1-6H3,(H,46,48)(H,50,53). The van der Waals surface area contributed by atoms with Crippen molar-refractivity contribution >= 4 is 29.8 Å². The molecule has 2 amide bonds. The fourth-order valence-corrected chi connectivity index (χ4v) is 9.43. The molecule has 0 saturated heterocycles. The van der Waals surface area contributed by atoms with E-state index < -0.39 is 11.4 Å². The first-order chi connectivity index (χ1) is 28.6. The molecule has 3 saturated carbocycles. The van der Waals surface area contributed by atoms with Gasteiger partial charge in [-0.2, -0.15) is 0 Å². The van der Waals surface area contributed by atoms with Crippen molar-refractivity contribution in [3.05, 3.63) is 84.2 Å². The number of unbranched alkanes of at least 4 members (excludes halogenated alkanes) is 2. The van der Waals surface area contributed by atoms with Gasteiger partial charge in [0.2, 0.25) is 11.7 Å². The van der Waals surface area contributed by atoms with Crippen LogP contribution < -0.4 is 19.5 Å². The zero-order valence-electron chi connectivity index (χ0n) is 35.6. The van der Waals surface area contributed by atoms with Gasteiger partial charge < -0.3 is 34.6 Å². The second kappa shape index (κ2) is 17.3. The SMILES string of the molecule is CCN(C(=O)OC(C)(C)C)C(C)(C)CCCCCNc1nc(SNC(=O)c2ccc(-n3ccc(OCC(O)(O)C4C5(CC5)C45CC5)n3)nc2)ccc1OCc1ccccc1. The second-order valence-corrected chi connectivity index (χ2v) is 18.8. The van der Waals surface area contributed by atoms with E-state index >= 15 is 0 Å². The molecule has 3 aromatic heterocycles. The number of carbonyl (C=O) groups excluding carboxylic acids is 2. The average Bonchev–Trinajstić information content (AvgIpc) is 4.18. The van der Waals surface area contributed by atoms with Crippen molar-refractivity contribution in [1.29, 1.82) is 0 Å². The maximum atomic E-state index is 13.2. The lowest BCUT2D eigenvalue weighted by Crippen LogP contribution is -2.49. The summed E-state index contributed by atoms with van der Waals surface area (Å²) in [6.07, 6.45) is 10.7. The van der Waals surface area contributed by atoms with Crippen molar-refractivity contribution in [3.8, 4) is 17.4 Å². The number of aromatic nitrogens is 4. The highest BCUT2D eigenvalue weighted by Gasteiger charge is 2.90.